The maximum absolute atomic E-state index is 11.9. The van der Waals surface area contributed by atoms with Gasteiger partial charge in [-0.3, -0.25) is 4.79 Å². The van der Waals surface area contributed by atoms with Gasteiger partial charge in [-0.15, -0.1) is 0 Å². The molecule has 3 N–H and O–H groups in total. The molecule has 0 saturated carbocycles. The first-order valence-corrected chi connectivity index (χ1v) is 7.15. The summed E-state index contributed by atoms with van der Waals surface area (Å²) in [6.07, 6.45) is 3.04. The quantitative estimate of drug-likeness (QED) is 0.668. The van der Waals surface area contributed by atoms with Crippen molar-refractivity contribution in [2.45, 2.75) is 46.1 Å². The second-order valence-electron chi connectivity index (χ2n) is 5.80. The summed E-state index contributed by atoms with van der Waals surface area (Å²) in [6, 6.07) is 0.0409. The molecule has 4 unspecified atom stereocenters. The smallest absolute Gasteiger partial charge is 0.220 e. The molecule has 0 aromatic rings. The van der Waals surface area contributed by atoms with Crippen LogP contribution >= 0.6 is 0 Å². The van der Waals surface area contributed by atoms with Crippen molar-refractivity contribution in [3.8, 4) is 0 Å². The number of aliphatic hydroxyl groups is 1. The molecule has 1 aliphatic rings. The first-order valence-electron chi connectivity index (χ1n) is 7.15. The normalized spacial score (nSPS) is 25.2. The average molecular weight is 256 g/mol. The van der Waals surface area contributed by atoms with Crippen molar-refractivity contribution in [3.05, 3.63) is 0 Å². The number of hydrogen-bond acceptors (Lipinski definition) is 3. The molecule has 1 aliphatic heterocycles. The predicted octanol–water partition coefficient (Wildman–Crippen LogP) is 1.15. The van der Waals surface area contributed by atoms with Crippen molar-refractivity contribution in [1.29, 1.82) is 0 Å². The van der Waals surface area contributed by atoms with E-state index in [4.69, 9.17) is 5.11 Å². The van der Waals surface area contributed by atoms with Crippen LogP contribution in [0.3, 0.4) is 0 Å². The number of piperidine rings is 1. The molecule has 0 bridgehead atoms. The fourth-order valence-corrected chi connectivity index (χ4v) is 2.44. The largest absolute Gasteiger partial charge is 0.396 e. The van der Waals surface area contributed by atoms with E-state index in [-0.39, 0.29) is 24.5 Å². The molecule has 4 nitrogen and oxygen atoms in total. The summed E-state index contributed by atoms with van der Waals surface area (Å²) in [5.74, 6) is 1.27. The van der Waals surface area contributed by atoms with E-state index < -0.39 is 0 Å². The molecular weight excluding hydrogens is 228 g/mol. The lowest BCUT2D eigenvalue weighted by atomic mass is 9.85. The average Bonchev–Trinajstić information content (AvgIpc) is 2.38. The first-order chi connectivity index (χ1) is 8.54. The van der Waals surface area contributed by atoms with E-state index in [0.29, 0.717) is 18.3 Å². The van der Waals surface area contributed by atoms with Crippen LogP contribution in [0.2, 0.25) is 0 Å². The van der Waals surface area contributed by atoms with Gasteiger partial charge in [-0.05, 0) is 50.6 Å². The molecule has 4 heteroatoms. The van der Waals surface area contributed by atoms with Gasteiger partial charge >= 0.3 is 0 Å². The Morgan fingerprint density at radius 2 is 2.17 bits per heavy atom. The maximum atomic E-state index is 11.9. The van der Waals surface area contributed by atoms with Crippen LogP contribution in [-0.4, -0.2) is 36.8 Å². The molecule has 1 rings (SSSR count). The zero-order chi connectivity index (χ0) is 13.5. The number of rotatable bonds is 6. The van der Waals surface area contributed by atoms with E-state index in [1.165, 1.54) is 12.8 Å². The molecule has 4 atom stereocenters. The van der Waals surface area contributed by atoms with Gasteiger partial charge in [0.15, 0.2) is 0 Å². The molecule has 0 aromatic heterocycles. The Morgan fingerprint density at radius 3 is 2.72 bits per heavy atom. The van der Waals surface area contributed by atoms with Gasteiger partial charge in [0.2, 0.25) is 5.91 Å². The molecule has 0 aromatic carbocycles. The van der Waals surface area contributed by atoms with E-state index in [2.05, 4.69) is 17.6 Å². The molecule has 0 aliphatic carbocycles. The van der Waals surface area contributed by atoms with Crippen molar-refractivity contribution >= 4 is 5.91 Å². The zero-order valence-corrected chi connectivity index (χ0v) is 11.9. The lowest BCUT2D eigenvalue weighted by molar-refractivity contribution is -0.123. The van der Waals surface area contributed by atoms with Gasteiger partial charge in [-0.1, -0.05) is 13.8 Å². The highest BCUT2D eigenvalue weighted by Crippen LogP contribution is 2.22. The summed E-state index contributed by atoms with van der Waals surface area (Å²) in [6.45, 7) is 8.32. The van der Waals surface area contributed by atoms with Crippen molar-refractivity contribution in [2.75, 3.05) is 19.7 Å². The Morgan fingerprint density at radius 1 is 1.44 bits per heavy atom. The summed E-state index contributed by atoms with van der Waals surface area (Å²) in [7, 11) is 0. The Bertz CT molecular complexity index is 252. The van der Waals surface area contributed by atoms with E-state index in [1.807, 2.05) is 13.8 Å². The summed E-state index contributed by atoms with van der Waals surface area (Å²) >= 11 is 0. The van der Waals surface area contributed by atoms with Gasteiger partial charge in [-0.25, -0.2) is 0 Å². The molecule has 0 spiro atoms. The summed E-state index contributed by atoms with van der Waals surface area (Å²) in [5, 5.41) is 15.4. The highest BCUT2D eigenvalue weighted by Gasteiger charge is 2.23. The van der Waals surface area contributed by atoms with Crippen LogP contribution in [0.5, 0.6) is 0 Å². The van der Waals surface area contributed by atoms with E-state index in [0.717, 1.165) is 13.1 Å². The van der Waals surface area contributed by atoms with Crippen molar-refractivity contribution in [1.82, 2.24) is 10.6 Å². The first kappa shape index (κ1) is 15.4. The van der Waals surface area contributed by atoms with Gasteiger partial charge in [0.05, 0.1) is 0 Å². The Hall–Kier alpha value is -0.610. The van der Waals surface area contributed by atoms with Crippen LogP contribution in [0.4, 0.5) is 0 Å². The number of nitrogens with one attached hydrogen (secondary N) is 2. The number of aliphatic hydroxyl groups excluding tert-OH is 1. The lowest BCUT2D eigenvalue weighted by Crippen LogP contribution is -2.40. The minimum absolute atomic E-state index is 0.0409. The predicted molar refractivity (Wildman–Crippen MR) is 73.2 cm³/mol. The highest BCUT2D eigenvalue weighted by molar-refractivity contribution is 5.76. The van der Waals surface area contributed by atoms with Crippen LogP contribution in [0.15, 0.2) is 0 Å². The summed E-state index contributed by atoms with van der Waals surface area (Å²) in [5.41, 5.74) is 0. The third-order valence-corrected chi connectivity index (χ3v) is 4.18. The topological polar surface area (TPSA) is 61.4 Å². The Labute approximate surface area is 111 Å². The number of carbonyl (C=O) groups excluding carboxylic acids is 1. The minimum atomic E-state index is 0.0409. The third kappa shape index (κ3) is 4.94. The molecule has 1 amide bonds. The lowest BCUT2D eigenvalue weighted by Gasteiger charge is -2.28. The molecular formula is C14H28N2O2. The van der Waals surface area contributed by atoms with Crippen LogP contribution in [0.1, 0.15) is 40.0 Å². The summed E-state index contributed by atoms with van der Waals surface area (Å²) in [4.78, 5) is 11.9. The fourth-order valence-electron chi connectivity index (χ4n) is 2.44. The van der Waals surface area contributed by atoms with Crippen molar-refractivity contribution < 1.29 is 9.90 Å². The maximum Gasteiger partial charge on any atom is 0.220 e. The monoisotopic (exact) mass is 256 g/mol. The summed E-state index contributed by atoms with van der Waals surface area (Å²) < 4.78 is 0. The van der Waals surface area contributed by atoms with Crippen molar-refractivity contribution in [2.24, 2.45) is 17.8 Å². The molecule has 1 heterocycles. The third-order valence-electron chi connectivity index (χ3n) is 4.18. The zero-order valence-electron chi connectivity index (χ0n) is 11.9. The molecule has 18 heavy (non-hydrogen) atoms. The number of hydrogen-bond donors (Lipinski definition) is 3. The minimum Gasteiger partial charge on any atom is -0.396 e. The standard InChI is InChI=1S/C14H28N2O2/c1-10(13-5-4-6-15-8-13)7-14(18)16-12(3)11(2)9-17/h10-13,15,17H,4-9H2,1-3H3,(H,16,18). The van der Waals surface area contributed by atoms with Gasteiger partial charge in [0.1, 0.15) is 0 Å². The number of carbonyl (C=O) groups is 1. The van der Waals surface area contributed by atoms with Crippen molar-refractivity contribution in [3.63, 3.8) is 0 Å². The molecule has 0 radical (unpaired) electrons. The highest BCUT2D eigenvalue weighted by atomic mass is 16.3. The second kappa shape index (κ2) is 7.74. The van der Waals surface area contributed by atoms with Gasteiger partial charge in [0, 0.05) is 19.1 Å². The van der Waals surface area contributed by atoms with E-state index in [1.54, 1.807) is 0 Å². The van der Waals surface area contributed by atoms with E-state index in [9.17, 15) is 4.79 Å². The van der Waals surface area contributed by atoms with Gasteiger partial charge in [0.25, 0.3) is 0 Å². The van der Waals surface area contributed by atoms with Crippen LogP contribution in [0, 0.1) is 17.8 Å². The van der Waals surface area contributed by atoms with Crippen LogP contribution in [-0.2, 0) is 4.79 Å². The fraction of sp³-hybridized carbons (Fsp3) is 0.929. The van der Waals surface area contributed by atoms with Crippen LogP contribution < -0.4 is 10.6 Å². The molecule has 1 saturated heterocycles. The Kier molecular flexibility index (Phi) is 6.65. The SMILES string of the molecule is CC(CC(=O)NC(C)C(C)CO)C1CCCNC1. The van der Waals surface area contributed by atoms with Gasteiger partial charge in [-0.2, -0.15) is 0 Å². The number of amides is 1. The molecule has 1 fully saturated rings. The molecule has 106 valence electrons. The van der Waals surface area contributed by atoms with E-state index >= 15 is 0 Å². The Balaban J connectivity index is 2.30. The second-order valence-corrected chi connectivity index (χ2v) is 5.80. The van der Waals surface area contributed by atoms with Crippen LogP contribution in [0.25, 0.3) is 0 Å². The van der Waals surface area contributed by atoms with Gasteiger partial charge < -0.3 is 15.7 Å².